The van der Waals surface area contributed by atoms with Crippen LogP contribution in [0.25, 0.3) is 0 Å². The molecule has 88 valence electrons. The summed E-state index contributed by atoms with van der Waals surface area (Å²) in [6.45, 7) is 6.99. The highest BCUT2D eigenvalue weighted by atomic mass is 16.5. The molecule has 0 radical (unpaired) electrons. The minimum absolute atomic E-state index is 0.164. The van der Waals surface area contributed by atoms with Crippen LogP contribution in [0.4, 0.5) is 0 Å². The summed E-state index contributed by atoms with van der Waals surface area (Å²) in [5.74, 6) is 0.238. The van der Waals surface area contributed by atoms with E-state index in [1.807, 2.05) is 13.0 Å². The van der Waals surface area contributed by atoms with Gasteiger partial charge in [-0.1, -0.05) is 18.2 Å². The van der Waals surface area contributed by atoms with Gasteiger partial charge in [0.05, 0.1) is 12.2 Å². The van der Waals surface area contributed by atoms with Crippen molar-refractivity contribution in [2.75, 3.05) is 6.61 Å². The quantitative estimate of drug-likeness (QED) is 0.830. The average Bonchev–Trinajstić information content (AvgIpc) is 2.67. The van der Waals surface area contributed by atoms with E-state index in [2.05, 4.69) is 26.0 Å². The fourth-order valence-corrected chi connectivity index (χ4v) is 2.36. The van der Waals surface area contributed by atoms with E-state index in [1.54, 1.807) is 0 Å². The Hall–Kier alpha value is -0.860. The van der Waals surface area contributed by atoms with Crippen molar-refractivity contribution in [3.63, 3.8) is 0 Å². The van der Waals surface area contributed by atoms with Crippen LogP contribution in [0.1, 0.15) is 36.1 Å². The number of aliphatic hydroxyl groups excluding tert-OH is 1. The van der Waals surface area contributed by atoms with Crippen molar-refractivity contribution in [2.45, 2.75) is 39.4 Å². The zero-order chi connectivity index (χ0) is 11.7. The molecule has 0 aliphatic carbocycles. The van der Waals surface area contributed by atoms with Crippen molar-refractivity contribution < 1.29 is 9.84 Å². The van der Waals surface area contributed by atoms with Crippen molar-refractivity contribution in [1.29, 1.82) is 0 Å². The van der Waals surface area contributed by atoms with Crippen molar-refractivity contribution in [3.8, 4) is 0 Å². The second-order valence-electron chi connectivity index (χ2n) is 4.82. The average molecular weight is 220 g/mol. The molecule has 1 aliphatic rings. The topological polar surface area (TPSA) is 29.5 Å². The van der Waals surface area contributed by atoms with Gasteiger partial charge in [0.1, 0.15) is 0 Å². The predicted molar refractivity (Wildman–Crippen MR) is 64.4 cm³/mol. The summed E-state index contributed by atoms with van der Waals surface area (Å²) in [7, 11) is 0. The van der Waals surface area contributed by atoms with Crippen molar-refractivity contribution in [3.05, 3.63) is 34.9 Å². The lowest BCUT2D eigenvalue weighted by molar-refractivity contribution is 0.0431. The minimum Gasteiger partial charge on any atom is -0.388 e. The van der Waals surface area contributed by atoms with E-state index in [1.165, 1.54) is 11.1 Å². The molecule has 2 rings (SSSR count). The summed E-state index contributed by atoms with van der Waals surface area (Å²) >= 11 is 0. The molecule has 0 bridgehead atoms. The molecule has 1 N–H and O–H groups in total. The highest BCUT2D eigenvalue weighted by Gasteiger charge is 2.31. The number of benzene rings is 1. The zero-order valence-electron chi connectivity index (χ0n) is 10.2. The molecule has 1 saturated heterocycles. The van der Waals surface area contributed by atoms with Crippen molar-refractivity contribution >= 4 is 0 Å². The van der Waals surface area contributed by atoms with Crippen LogP contribution < -0.4 is 0 Å². The third kappa shape index (κ3) is 2.13. The Labute approximate surface area is 97.3 Å². The SMILES string of the molecule is Cc1ccc(C(O)C2CCOC2C)cc1C. The second kappa shape index (κ2) is 4.56. The standard InChI is InChI=1S/C14H20O2/c1-9-4-5-12(8-10(9)2)14(15)13-6-7-16-11(13)3/h4-5,8,11,13-15H,6-7H2,1-3H3. The number of rotatable bonds is 2. The Bertz CT molecular complexity index is 373. The molecule has 3 atom stereocenters. The zero-order valence-corrected chi connectivity index (χ0v) is 10.2. The molecule has 1 heterocycles. The van der Waals surface area contributed by atoms with Gasteiger partial charge in [-0.25, -0.2) is 0 Å². The third-order valence-electron chi connectivity index (χ3n) is 3.71. The molecule has 0 aromatic heterocycles. The Kier molecular flexibility index (Phi) is 3.31. The van der Waals surface area contributed by atoms with Crippen LogP contribution in [0.3, 0.4) is 0 Å². The van der Waals surface area contributed by atoms with Gasteiger partial charge in [-0.05, 0) is 43.9 Å². The van der Waals surface area contributed by atoms with Crippen LogP contribution in [-0.2, 0) is 4.74 Å². The van der Waals surface area contributed by atoms with Gasteiger partial charge in [0.25, 0.3) is 0 Å². The Balaban J connectivity index is 2.20. The third-order valence-corrected chi connectivity index (χ3v) is 3.71. The fraction of sp³-hybridized carbons (Fsp3) is 0.571. The van der Waals surface area contributed by atoms with Crippen molar-refractivity contribution in [2.24, 2.45) is 5.92 Å². The van der Waals surface area contributed by atoms with Gasteiger partial charge in [0, 0.05) is 12.5 Å². The van der Waals surface area contributed by atoms with Crippen LogP contribution >= 0.6 is 0 Å². The summed E-state index contributed by atoms with van der Waals surface area (Å²) in [5, 5.41) is 10.3. The smallest absolute Gasteiger partial charge is 0.0843 e. The largest absolute Gasteiger partial charge is 0.388 e. The minimum atomic E-state index is -0.392. The summed E-state index contributed by atoms with van der Waals surface area (Å²) in [5.41, 5.74) is 3.53. The molecule has 2 nitrogen and oxygen atoms in total. The summed E-state index contributed by atoms with van der Waals surface area (Å²) in [6.07, 6.45) is 0.725. The molecule has 1 aliphatic heterocycles. The number of hydrogen-bond acceptors (Lipinski definition) is 2. The molecular formula is C14H20O2. The maximum Gasteiger partial charge on any atom is 0.0843 e. The number of ether oxygens (including phenoxy) is 1. The predicted octanol–water partition coefficient (Wildman–Crippen LogP) is 2.76. The summed E-state index contributed by atoms with van der Waals surface area (Å²) in [4.78, 5) is 0. The first-order valence-electron chi connectivity index (χ1n) is 5.96. The van der Waals surface area contributed by atoms with E-state index in [9.17, 15) is 5.11 Å². The van der Waals surface area contributed by atoms with Gasteiger partial charge in [0.15, 0.2) is 0 Å². The molecular weight excluding hydrogens is 200 g/mol. The van der Waals surface area contributed by atoms with E-state index in [0.717, 1.165) is 18.6 Å². The van der Waals surface area contributed by atoms with Gasteiger partial charge in [0.2, 0.25) is 0 Å². The monoisotopic (exact) mass is 220 g/mol. The van der Waals surface area contributed by atoms with Gasteiger partial charge in [-0.3, -0.25) is 0 Å². The molecule has 1 aromatic carbocycles. The lowest BCUT2D eigenvalue weighted by Gasteiger charge is -2.21. The molecule has 0 amide bonds. The van der Waals surface area contributed by atoms with E-state index in [0.29, 0.717) is 0 Å². The normalized spacial score (nSPS) is 27.0. The Morgan fingerprint density at radius 3 is 2.62 bits per heavy atom. The lowest BCUT2D eigenvalue weighted by atomic mass is 9.89. The van der Waals surface area contributed by atoms with Gasteiger partial charge in [-0.2, -0.15) is 0 Å². The van der Waals surface area contributed by atoms with Gasteiger partial charge < -0.3 is 9.84 Å². The summed E-state index contributed by atoms with van der Waals surface area (Å²) in [6, 6.07) is 6.19. The number of aliphatic hydroxyl groups is 1. The molecule has 1 aromatic rings. The van der Waals surface area contributed by atoms with E-state index < -0.39 is 6.10 Å². The molecule has 3 unspecified atom stereocenters. The van der Waals surface area contributed by atoms with Crippen LogP contribution in [0, 0.1) is 19.8 Å². The van der Waals surface area contributed by atoms with Crippen molar-refractivity contribution in [1.82, 2.24) is 0 Å². The molecule has 1 fully saturated rings. The molecule has 16 heavy (non-hydrogen) atoms. The maximum atomic E-state index is 10.3. The number of hydrogen-bond donors (Lipinski definition) is 1. The highest BCUT2D eigenvalue weighted by Crippen LogP contribution is 2.33. The fourth-order valence-electron chi connectivity index (χ4n) is 2.36. The lowest BCUT2D eigenvalue weighted by Crippen LogP contribution is -2.19. The Morgan fingerprint density at radius 2 is 2.06 bits per heavy atom. The van der Waals surface area contributed by atoms with Crippen LogP contribution in [-0.4, -0.2) is 17.8 Å². The number of aryl methyl sites for hydroxylation is 2. The van der Waals surface area contributed by atoms with E-state index in [-0.39, 0.29) is 12.0 Å². The molecule has 0 saturated carbocycles. The van der Waals surface area contributed by atoms with Gasteiger partial charge in [-0.15, -0.1) is 0 Å². The first kappa shape index (κ1) is 11.6. The second-order valence-corrected chi connectivity index (χ2v) is 4.82. The van der Waals surface area contributed by atoms with Crippen LogP contribution in [0.2, 0.25) is 0 Å². The van der Waals surface area contributed by atoms with E-state index >= 15 is 0 Å². The van der Waals surface area contributed by atoms with E-state index in [4.69, 9.17) is 4.74 Å². The maximum absolute atomic E-state index is 10.3. The van der Waals surface area contributed by atoms with Crippen LogP contribution in [0.5, 0.6) is 0 Å². The first-order chi connectivity index (χ1) is 7.59. The molecule has 2 heteroatoms. The highest BCUT2D eigenvalue weighted by molar-refractivity contribution is 5.31. The Morgan fingerprint density at radius 1 is 1.31 bits per heavy atom. The van der Waals surface area contributed by atoms with Crippen LogP contribution in [0.15, 0.2) is 18.2 Å². The summed E-state index contributed by atoms with van der Waals surface area (Å²) < 4.78 is 5.50. The first-order valence-corrected chi connectivity index (χ1v) is 5.96. The molecule has 0 spiro atoms. The van der Waals surface area contributed by atoms with Gasteiger partial charge >= 0.3 is 0 Å².